The quantitative estimate of drug-likeness (QED) is 0.555. The zero-order chi connectivity index (χ0) is 21.1. The van der Waals surface area contributed by atoms with Crippen LogP contribution in [0.5, 0.6) is 0 Å². The molecular weight excluding hydrogens is 422 g/mol. The normalized spacial score (nSPS) is 13.4. The van der Waals surface area contributed by atoms with Crippen LogP contribution in [0, 0.1) is 6.92 Å². The number of hydrogen-bond donors (Lipinski definition) is 2. The zero-order valence-corrected chi connectivity index (χ0v) is 16.1. The highest BCUT2D eigenvalue weighted by Crippen LogP contribution is 2.33. The van der Waals surface area contributed by atoms with Crippen molar-refractivity contribution in [2.75, 3.05) is 12.4 Å². The highest BCUT2D eigenvalue weighted by molar-refractivity contribution is 6.36. The number of alkyl halides is 3. The third-order valence-corrected chi connectivity index (χ3v) is 4.32. The van der Waals surface area contributed by atoms with Crippen molar-refractivity contribution in [1.82, 2.24) is 5.32 Å². The van der Waals surface area contributed by atoms with Gasteiger partial charge in [0, 0.05) is 10.6 Å². The number of esters is 1. The molecule has 1 heterocycles. The van der Waals surface area contributed by atoms with Crippen LogP contribution in [-0.4, -0.2) is 30.8 Å². The van der Waals surface area contributed by atoms with Crippen molar-refractivity contribution in [3.05, 3.63) is 57.7 Å². The standard InChI is InChI=1S/C17H14Cl2F3N3O3/c1-9-4-3-7-23-13(9)24-16(15(27)28-2,17(20,21)22)25-14(26)11-6-5-10(18)8-12(11)19/h3-8H,1-2H3,(H,23,24)(H,25,26)/p+1/t16-/m1/s1. The monoisotopic (exact) mass is 436 g/mol. The van der Waals surface area contributed by atoms with Crippen LogP contribution in [0.1, 0.15) is 15.9 Å². The number of nitrogens with one attached hydrogen (secondary N) is 3. The minimum Gasteiger partial charge on any atom is -0.464 e. The molecule has 0 unspecified atom stereocenters. The molecule has 1 atom stereocenters. The summed E-state index contributed by atoms with van der Waals surface area (Å²) in [4.78, 5) is 27.3. The molecular formula is C17H15Cl2F3N3O3+. The predicted molar refractivity (Wildman–Crippen MR) is 96.1 cm³/mol. The van der Waals surface area contributed by atoms with Gasteiger partial charge in [0.25, 0.3) is 11.7 Å². The molecule has 0 saturated heterocycles. The van der Waals surface area contributed by atoms with Crippen LogP contribution >= 0.6 is 23.2 Å². The number of hydrogen-bond acceptors (Lipinski definition) is 4. The number of H-pyrrole nitrogens is 1. The lowest BCUT2D eigenvalue weighted by molar-refractivity contribution is -0.363. The Kier molecular flexibility index (Phi) is 6.41. The number of anilines is 1. The van der Waals surface area contributed by atoms with Gasteiger partial charge in [-0.15, -0.1) is 0 Å². The topological polar surface area (TPSA) is 81.6 Å². The second kappa shape index (κ2) is 8.24. The van der Waals surface area contributed by atoms with Gasteiger partial charge in [-0.2, -0.15) is 13.2 Å². The van der Waals surface area contributed by atoms with Crippen LogP contribution < -0.4 is 15.6 Å². The van der Waals surface area contributed by atoms with Crippen LogP contribution in [0.3, 0.4) is 0 Å². The van der Waals surface area contributed by atoms with E-state index in [-0.39, 0.29) is 21.4 Å². The van der Waals surface area contributed by atoms with Crippen molar-refractivity contribution in [3.8, 4) is 0 Å². The first-order valence-electron chi connectivity index (χ1n) is 7.70. The van der Waals surface area contributed by atoms with Gasteiger partial charge in [0.1, 0.15) is 0 Å². The molecule has 2 aromatic rings. The maximum Gasteiger partial charge on any atom is 0.464 e. The molecule has 28 heavy (non-hydrogen) atoms. The Morgan fingerprint density at radius 1 is 1.18 bits per heavy atom. The van der Waals surface area contributed by atoms with Crippen LogP contribution in [-0.2, 0) is 9.53 Å². The summed E-state index contributed by atoms with van der Waals surface area (Å²) < 4.78 is 46.4. The molecule has 1 amide bonds. The molecule has 0 bridgehead atoms. The summed E-state index contributed by atoms with van der Waals surface area (Å²) in [5, 5.41) is 3.70. The highest BCUT2D eigenvalue weighted by Gasteiger charge is 2.68. The number of aromatic amines is 1. The number of benzene rings is 1. The molecule has 0 fully saturated rings. The number of ether oxygens (including phenoxy) is 1. The minimum absolute atomic E-state index is 0.146. The summed E-state index contributed by atoms with van der Waals surface area (Å²) in [5.74, 6) is -3.17. The van der Waals surface area contributed by atoms with E-state index in [1.54, 1.807) is 11.4 Å². The SMILES string of the molecule is COC(=O)[C@](NC(=O)c1ccc(Cl)cc1Cl)(Nc1[nH+]cccc1C)C(F)(F)F. The van der Waals surface area contributed by atoms with E-state index in [9.17, 15) is 22.8 Å². The lowest BCUT2D eigenvalue weighted by Crippen LogP contribution is -2.69. The number of aryl methyl sites for hydroxylation is 1. The Balaban J connectivity index is 2.55. The molecule has 0 spiro atoms. The van der Waals surface area contributed by atoms with Gasteiger partial charge in [-0.1, -0.05) is 23.2 Å². The highest BCUT2D eigenvalue weighted by atomic mass is 35.5. The molecule has 0 radical (unpaired) electrons. The average Bonchev–Trinajstić information content (AvgIpc) is 2.61. The van der Waals surface area contributed by atoms with E-state index >= 15 is 0 Å². The number of amides is 1. The van der Waals surface area contributed by atoms with Gasteiger partial charge in [0.05, 0.1) is 23.9 Å². The first-order valence-corrected chi connectivity index (χ1v) is 8.45. The number of halogens is 5. The van der Waals surface area contributed by atoms with E-state index in [0.29, 0.717) is 5.56 Å². The molecule has 0 aliphatic rings. The first-order chi connectivity index (χ1) is 13.0. The van der Waals surface area contributed by atoms with Gasteiger partial charge in [0.2, 0.25) is 0 Å². The van der Waals surface area contributed by atoms with Gasteiger partial charge < -0.3 is 4.74 Å². The molecule has 1 aromatic heterocycles. The Morgan fingerprint density at radius 3 is 2.39 bits per heavy atom. The Bertz CT molecular complexity index is 909. The number of rotatable bonds is 5. The second-order valence-corrected chi connectivity index (χ2v) is 6.51. The van der Waals surface area contributed by atoms with Crippen molar-refractivity contribution in [3.63, 3.8) is 0 Å². The summed E-state index contributed by atoms with van der Waals surface area (Å²) in [6, 6.07) is 6.67. The maximum absolute atomic E-state index is 14.0. The van der Waals surface area contributed by atoms with Gasteiger partial charge in [-0.25, -0.2) is 15.1 Å². The fourth-order valence-corrected chi connectivity index (χ4v) is 2.79. The number of pyridine rings is 1. The minimum atomic E-state index is -5.27. The summed E-state index contributed by atoms with van der Waals surface area (Å²) >= 11 is 11.6. The summed E-state index contributed by atoms with van der Waals surface area (Å²) in [5.41, 5.74) is -3.53. The average molecular weight is 437 g/mol. The van der Waals surface area contributed by atoms with E-state index < -0.39 is 23.7 Å². The van der Waals surface area contributed by atoms with E-state index in [0.717, 1.165) is 13.2 Å². The molecule has 1 aromatic carbocycles. The van der Waals surface area contributed by atoms with Crippen LogP contribution in [0.25, 0.3) is 0 Å². The van der Waals surface area contributed by atoms with E-state index in [4.69, 9.17) is 23.2 Å². The summed E-state index contributed by atoms with van der Waals surface area (Å²) in [7, 11) is 0.771. The van der Waals surface area contributed by atoms with Gasteiger partial charge in [-0.3, -0.25) is 10.1 Å². The molecule has 150 valence electrons. The molecule has 3 N–H and O–H groups in total. The van der Waals surface area contributed by atoms with E-state index in [2.05, 4.69) is 9.72 Å². The lowest BCUT2D eigenvalue weighted by atomic mass is 10.1. The molecule has 0 aliphatic heterocycles. The summed E-state index contributed by atoms with van der Waals surface area (Å²) in [6.45, 7) is 1.51. The number of carbonyl (C=O) groups excluding carboxylic acids is 2. The van der Waals surface area contributed by atoms with Crippen molar-refractivity contribution >= 4 is 40.9 Å². The van der Waals surface area contributed by atoms with E-state index in [1.807, 2.05) is 5.32 Å². The second-order valence-electron chi connectivity index (χ2n) is 5.67. The van der Waals surface area contributed by atoms with Gasteiger partial charge in [0.15, 0.2) is 0 Å². The number of aromatic nitrogens is 1. The maximum atomic E-state index is 14.0. The molecule has 2 rings (SSSR count). The number of carbonyl (C=O) groups is 2. The molecule has 11 heteroatoms. The fourth-order valence-electron chi connectivity index (χ4n) is 2.30. The molecule has 6 nitrogen and oxygen atoms in total. The molecule has 0 saturated carbocycles. The first kappa shape index (κ1) is 21.8. The van der Waals surface area contributed by atoms with Gasteiger partial charge >= 0.3 is 17.8 Å². The van der Waals surface area contributed by atoms with Crippen molar-refractivity contribution in [2.24, 2.45) is 0 Å². The third-order valence-electron chi connectivity index (χ3n) is 3.77. The van der Waals surface area contributed by atoms with E-state index in [1.165, 1.54) is 31.3 Å². The third kappa shape index (κ3) is 4.31. The van der Waals surface area contributed by atoms with Gasteiger partial charge in [-0.05, 0) is 37.3 Å². The smallest absolute Gasteiger partial charge is 0.464 e. The molecule has 0 aliphatic carbocycles. The fraction of sp³-hybridized carbons (Fsp3) is 0.235. The Hall–Kier alpha value is -2.52. The van der Waals surface area contributed by atoms with Crippen molar-refractivity contribution in [1.29, 1.82) is 0 Å². The Labute approximate surface area is 168 Å². The predicted octanol–water partition coefficient (Wildman–Crippen LogP) is 3.39. The lowest BCUT2D eigenvalue weighted by Gasteiger charge is -2.30. The van der Waals surface area contributed by atoms with Crippen LogP contribution in [0.15, 0.2) is 36.5 Å². The summed E-state index contributed by atoms with van der Waals surface area (Å²) in [6.07, 6.45) is -3.92. The van der Waals surface area contributed by atoms with Crippen LogP contribution in [0.4, 0.5) is 19.0 Å². The Morgan fingerprint density at radius 2 is 1.86 bits per heavy atom. The van der Waals surface area contributed by atoms with Crippen LogP contribution in [0.2, 0.25) is 10.0 Å². The van der Waals surface area contributed by atoms with Crippen molar-refractivity contribution < 1.29 is 32.5 Å². The zero-order valence-electron chi connectivity index (χ0n) is 14.6. The van der Waals surface area contributed by atoms with Crippen molar-refractivity contribution in [2.45, 2.75) is 18.8 Å². The largest absolute Gasteiger partial charge is 0.464 e. The number of methoxy groups -OCH3 is 1.